The van der Waals surface area contributed by atoms with Crippen LogP contribution in [0.15, 0.2) is 29.8 Å². The maximum absolute atomic E-state index is 12.6. The number of hydrogen-bond donors (Lipinski definition) is 1. The first-order valence-electron chi connectivity index (χ1n) is 6.91. The van der Waals surface area contributed by atoms with Crippen LogP contribution in [0.1, 0.15) is 16.2 Å². The van der Waals surface area contributed by atoms with Crippen molar-refractivity contribution in [3.8, 4) is 5.75 Å². The number of carbonyl (C=O) groups is 1. The Kier molecular flexibility index (Phi) is 3.85. The van der Waals surface area contributed by atoms with Crippen LogP contribution in [0, 0.1) is 6.92 Å². The number of nitrogens with zero attached hydrogens (tertiary/aromatic N) is 2. The maximum Gasteiger partial charge on any atom is 0.198 e. The molecule has 0 amide bonds. The lowest BCUT2D eigenvalue weighted by atomic mass is 10.1. The summed E-state index contributed by atoms with van der Waals surface area (Å²) < 4.78 is 7.21. The summed E-state index contributed by atoms with van der Waals surface area (Å²) in [5, 5.41) is 7.69. The third-order valence-electron chi connectivity index (χ3n) is 3.81. The van der Waals surface area contributed by atoms with E-state index in [1.165, 1.54) is 11.3 Å². The molecule has 0 aliphatic carbocycles. The van der Waals surface area contributed by atoms with Crippen LogP contribution in [0.25, 0.3) is 10.8 Å². The molecule has 0 fully saturated rings. The number of aryl methyl sites for hydroxylation is 1. The number of benzene rings is 1. The van der Waals surface area contributed by atoms with Crippen LogP contribution in [-0.2, 0) is 7.05 Å². The maximum atomic E-state index is 12.6. The van der Waals surface area contributed by atoms with E-state index in [9.17, 15) is 4.79 Å². The number of fused-ring (bicyclic) bond motifs is 1. The predicted molar refractivity (Wildman–Crippen MR) is 89.1 cm³/mol. The Morgan fingerprint density at radius 1 is 1.41 bits per heavy atom. The average molecular weight is 315 g/mol. The van der Waals surface area contributed by atoms with Crippen molar-refractivity contribution in [2.24, 2.45) is 7.05 Å². The Morgan fingerprint density at radius 2 is 2.23 bits per heavy atom. The number of Topliss-reactive ketones (excluding diaryl/α,β-unsaturated/α-hetero) is 1. The first kappa shape index (κ1) is 14.6. The molecule has 5 nitrogen and oxygen atoms in total. The molecule has 0 saturated carbocycles. The van der Waals surface area contributed by atoms with E-state index in [1.54, 1.807) is 13.3 Å². The largest absolute Gasteiger partial charge is 0.497 e. The number of ether oxygens (including phenoxy) is 1. The predicted octanol–water partition coefficient (Wildman–Crippen LogP) is 3.25. The van der Waals surface area contributed by atoms with Gasteiger partial charge in [-0.3, -0.25) is 4.79 Å². The first-order valence-corrected chi connectivity index (χ1v) is 7.79. The van der Waals surface area contributed by atoms with Gasteiger partial charge in [-0.15, -0.1) is 11.3 Å². The SMILES string of the molecule is COc1ccc2c(C(=O)CNc3nccs3)n(C)c(C)c2c1. The quantitative estimate of drug-likeness (QED) is 0.734. The molecule has 1 N–H and O–H groups in total. The smallest absolute Gasteiger partial charge is 0.198 e. The van der Waals surface area contributed by atoms with E-state index < -0.39 is 0 Å². The molecule has 0 saturated heterocycles. The Bertz CT molecular complexity index is 822. The van der Waals surface area contributed by atoms with Gasteiger partial charge >= 0.3 is 0 Å². The fourth-order valence-corrected chi connectivity index (χ4v) is 3.10. The fraction of sp³-hybridized carbons (Fsp3) is 0.250. The van der Waals surface area contributed by atoms with Crippen molar-refractivity contribution in [1.82, 2.24) is 9.55 Å². The van der Waals surface area contributed by atoms with E-state index in [2.05, 4.69) is 10.3 Å². The van der Waals surface area contributed by atoms with Gasteiger partial charge in [0, 0.05) is 35.1 Å². The molecule has 0 unspecified atom stereocenters. The second kappa shape index (κ2) is 5.81. The van der Waals surface area contributed by atoms with Gasteiger partial charge in [0.05, 0.1) is 19.3 Å². The zero-order valence-corrected chi connectivity index (χ0v) is 13.5. The molecule has 3 rings (SSSR count). The summed E-state index contributed by atoms with van der Waals surface area (Å²) in [6.45, 7) is 2.23. The summed E-state index contributed by atoms with van der Waals surface area (Å²) in [4.78, 5) is 16.7. The second-order valence-electron chi connectivity index (χ2n) is 5.02. The molecule has 22 heavy (non-hydrogen) atoms. The van der Waals surface area contributed by atoms with E-state index in [1.807, 2.05) is 42.1 Å². The minimum Gasteiger partial charge on any atom is -0.497 e. The summed E-state index contributed by atoms with van der Waals surface area (Å²) in [6.07, 6.45) is 1.71. The van der Waals surface area contributed by atoms with Crippen molar-refractivity contribution in [1.29, 1.82) is 0 Å². The lowest BCUT2D eigenvalue weighted by Crippen LogP contribution is -2.17. The number of anilines is 1. The van der Waals surface area contributed by atoms with Gasteiger partial charge in [0.2, 0.25) is 0 Å². The number of aromatic nitrogens is 2. The van der Waals surface area contributed by atoms with Gasteiger partial charge in [-0.05, 0) is 25.1 Å². The highest BCUT2D eigenvalue weighted by Gasteiger charge is 2.18. The lowest BCUT2D eigenvalue weighted by Gasteiger charge is -2.05. The van der Waals surface area contributed by atoms with Crippen molar-refractivity contribution in [2.45, 2.75) is 6.92 Å². The van der Waals surface area contributed by atoms with Gasteiger partial charge < -0.3 is 14.6 Å². The van der Waals surface area contributed by atoms with Crippen molar-refractivity contribution in [3.63, 3.8) is 0 Å². The highest BCUT2D eigenvalue weighted by Crippen LogP contribution is 2.29. The third-order valence-corrected chi connectivity index (χ3v) is 4.54. The van der Waals surface area contributed by atoms with Gasteiger partial charge in [0.25, 0.3) is 0 Å². The molecule has 0 aliphatic rings. The molecule has 3 aromatic rings. The lowest BCUT2D eigenvalue weighted by molar-refractivity contribution is 0.1000. The summed E-state index contributed by atoms with van der Waals surface area (Å²) in [7, 11) is 3.56. The number of carbonyl (C=O) groups excluding carboxylic acids is 1. The molecule has 2 aromatic heterocycles. The summed E-state index contributed by atoms with van der Waals surface area (Å²) >= 11 is 1.48. The molecule has 0 aliphatic heterocycles. The van der Waals surface area contributed by atoms with Crippen LogP contribution >= 0.6 is 11.3 Å². The van der Waals surface area contributed by atoms with Crippen molar-refractivity contribution < 1.29 is 9.53 Å². The van der Waals surface area contributed by atoms with Gasteiger partial charge in [-0.25, -0.2) is 4.98 Å². The van der Waals surface area contributed by atoms with Gasteiger partial charge in [0.1, 0.15) is 5.75 Å². The van der Waals surface area contributed by atoms with Crippen LogP contribution in [0.4, 0.5) is 5.13 Å². The van der Waals surface area contributed by atoms with E-state index in [0.29, 0.717) is 5.69 Å². The highest BCUT2D eigenvalue weighted by molar-refractivity contribution is 7.13. The summed E-state index contributed by atoms with van der Waals surface area (Å²) in [6, 6.07) is 5.79. The molecule has 0 bridgehead atoms. The van der Waals surface area contributed by atoms with Crippen LogP contribution in [0.5, 0.6) is 5.75 Å². The minimum atomic E-state index is 0.0426. The van der Waals surface area contributed by atoms with E-state index >= 15 is 0 Å². The number of rotatable bonds is 5. The Hall–Kier alpha value is -2.34. The monoisotopic (exact) mass is 315 g/mol. The molecule has 114 valence electrons. The zero-order chi connectivity index (χ0) is 15.7. The van der Waals surface area contributed by atoms with Crippen molar-refractivity contribution >= 4 is 33.0 Å². The van der Waals surface area contributed by atoms with Crippen LogP contribution in [0.3, 0.4) is 0 Å². The Balaban J connectivity index is 1.95. The average Bonchev–Trinajstić information content (AvgIpc) is 3.13. The van der Waals surface area contributed by atoms with E-state index in [0.717, 1.165) is 27.3 Å². The van der Waals surface area contributed by atoms with Crippen LogP contribution < -0.4 is 10.1 Å². The minimum absolute atomic E-state index is 0.0426. The van der Waals surface area contributed by atoms with Crippen molar-refractivity contribution in [3.05, 3.63) is 41.2 Å². The van der Waals surface area contributed by atoms with E-state index in [4.69, 9.17) is 4.74 Å². The number of hydrogen-bond acceptors (Lipinski definition) is 5. The molecular formula is C16H17N3O2S. The van der Waals surface area contributed by atoms with E-state index in [-0.39, 0.29) is 12.3 Å². The molecule has 0 spiro atoms. The number of thiazole rings is 1. The van der Waals surface area contributed by atoms with Gasteiger partial charge in [0.15, 0.2) is 10.9 Å². The van der Waals surface area contributed by atoms with Gasteiger partial charge in [-0.2, -0.15) is 0 Å². The summed E-state index contributed by atoms with van der Waals surface area (Å²) in [5.74, 6) is 0.835. The third kappa shape index (κ3) is 2.46. The molecule has 2 heterocycles. The molecule has 1 aromatic carbocycles. The molecule has 0 atom stereocenters. The number of ketones is 1. The van der Waals surface area contributed by atoms with Gasteiger partial charge in [-0.1, -0.05) is 0 Å². The molecular weight excluding hydrogens is 298 g/mol. The molecule has 0 radical (unpaired) electrons. The first-order chi connectivity index (χ1) is 10.6. The second-order valence-corrected chi connectivity index (χ2v) is 5.91. The van der Waals surface area contributed by atoms with Crippen LogP contribution in [-0.4, -0.2) is 29.0 Å². The van der Waals surface area contributed by atoms with Crippen LogP contribution in [0.2, 0.25) is 0 Å². The summed E-state index contributed by atoms with van der Waals surface area (Å²) in [5.41, 5.74) is 1.76. The van der Waals surface area contributed by atoms with Crippen molar-refractivity contribution in [2.75, 3.05) is 19.0 Å². The fourth-order valence-electron chi connectivity index (χ4n) is 2.57. The highest BCUT2D eigenvalue weighted by atomic mass is 32.1. The molecule has 6 heteroatoms. The standard InChI is InChI=1S/C16H17N3O2S/c1-10-13-8-11(21-3)4-5-12(13)15(19(10)2)14(20)9-18-16-17-6-7-22-16/h4-8H,9H2,1-3H3,(H,17,18). The number of methoxy groups -OCH3 is 1. The zero-order valence-electron chi connectivity index (χ0n) is 12.7. The Labute approximate surface area is 132 Å². The Morgan fingerprint density at radius 3 is 2.91 bits per heavy atom. The topological polar surface area (TPSA) is 56.1 Å². The normalized spacial score (nSPS) is 10.9. The number of nitrogens with one attached hydrogen (secondary N) is 1.